The number of hydrogen-bond donors (Lipinski definition) is 2. The summed E-state index contributed by atoms with van der Waals surface area (Å²) in [6, 6.07) is 0. The first-order valence-electron chi connectivity index (χ1n) is 5.09. The summed E-state index contributed by atoms with van der Waals surface area (Å²) in [5.74, 6) is 0. The first-order valence-corrected chi connectivity index (χ1v) is 5.09. The molecule has 2 N–H and O–H groups in total. The molecule has 0 aromatic carbocycles. The van der Waals surface area contributed by atoms with Crippen LogP contribution in [0.2, 0.25) is 0 Å². The summed E-state index contributed by atoms with van der Waals surface area (Å²) in [5, 5.41) is 19.9. The second-order valence-electron chi connectivity index (χ2n) is 3.78. The molecule has 0 spiro atoms. The summed E-state index contributed by atoms with van der Waals surface area (Å²) in [4.78, 5) is 0. The molecule has 0 bridgehead atoms. The summed E-state index contributed by atoms with van der Waals surface area (Å²) in [6.45, 7) is 0. The molecule has 0 saturated heterocycles. The minimum atomic E-state index is -0.957. The Morgan fingerprint density at radius 1 is 0.562 bits per heavy atom. The molecule has 2 unspecified atom stereocenters. The molecule has 1 fully saturated rings. The van der Waals surface area contributed by atoms with Gasteiger partial charge in [-0.05, 0) is 0 Å². The van der Waals surface area contributed by atoms with Gasteiger partial charge in [0, 0.05) is 28.4 Å². The van der Waals surface area contributed by atoms with Crippen molar-refractivity contribution < 1.29 is 29.2 Å². The van der Waals surface area contributed by atoms with Gasteiger partial charge >= 0.3 is 0 Å². The maximum atomic E-state index is 9.97. The zero-order chi connectivity index (χ0) is 12.3. The topological polar surface area (TPSA) is 77.4 Å². The fourth-order valence-corrected chi connectivity index (χ4v) is 2.25. The first-order chi connectivity index (χ1) is 7.62. The van der Waals surface area contributed by atoms with Crippen LogP contribution in [0.15, 0.2) is 0 Å². The molecule has 6 nitrogen and oxygen atoms in total. The molecule has 0 radical (unpaired) electrons. The number of ether oxygens (including phenoxy) is 4. The highest BCUT2D eigenvalue weighted by atomic mass is 16.6. The van der Waals surface area contributed by atoms with Crippen molar-refractivity contribution in [1.29, 1.82) is 0 Å². The summed E-state index contributed by atoms with van der Waals surface area (Å²) >= 11 is 0. The van der Waals surface area contributed by atoms with Crippen LogP contribution >= 0.6 is 0 Å². The largest absolute Gasteiger partial charge is 0.387 e. The zero-order valence-corrected chi connectivity index (χ0v) is 9.99. The minimum Gasteiger partial charge on any atom is -0.387 e. The molecule has 6 atom stereocenters. The van der Waals surface area contributed by atoms with Gasteiger partial charge in [0.25, 0.3) is 0 Å². The molecule has 1 aliphatic carbocycles. The molecule has 0 aliphatic heterocycles. The number of rotatable bonds is 4. The quantitative estimate of drug-likeness (QED) is 0.637. The molecule has 6 heteroatoms. The van der Waals surface area contributed by atoms with Gasteiger partial charge in [-0.1, -0.05) is 0 Å². The van der Waals surface area contributed by atoms with Crippen molar-refractivity contribution in [2.24, 2.45) is 0 Å². The van der Waals surface area contributed by atoms with Gasteiger partial charge < -0.3 is 29.2 Å². The number of aliphatic hydroxyl groups is 2. The minimum absolute atomic E-state index is 0.536. The maximum Gasteiger partial charge on any atom is 0.115 e. The molecule has 16 heavy (non-hydrogen) atoms. The van der Waals surface area contributed by atoms with E-state index >= 15 is 0 Å². The second kappa shape index (κ2) is 5.90. The van der Waals surface area contributed by atoms with E-state index < -0.39 is 36.6 Å². The van der Waals surface area contributed by atoms with Crippen LogP contribution in [0.4, 0.5) is 0 Å². The Labute approximate surface area is 95.1 Å². The van der Waals surface area contributed by atoms with Crippen LogP contribution in [0.5, 0.6) is 0 Å². The predicted octanol–water partition coefficient (Wildman–Crippen LogP) is -1.22. The fourth-order valence-electron chi connectivity index (χ4n) is 2.25. The van der Waals surface area contributed by atoms with Crippen molar-refractivity contribution in [1.82, 2.24) is 0 Å². The van der Waals surface area contributed by atoms with Gasteiger partial charge in [0.05, 0.1) is 0 Å². The molecule has 1 rings (SSSR count). The molecule has 96 valence electrons. The van der Waals surface area contributed by atoms with Crippen LogP contribution in [-0.4, -0.2) is 75.3 Å². The monoisotopic (exact) mass is 236 g/mol. The highest BCUT2D eigenvalue weighted by molar-refractivity contribution is 5.01. The van der Waals surface area contributed by atoms with Crippen molar-refractivity contribution >= 4 is 0 Å². The third kappa shape index (κ3) is 2.22. The molecular weight excluding hydrogens is 216 g/mol. The van der Waals surface area contributed by atoms with Gasteiger partial charge in [-0.25, -0.2) is 0 Å². The third-order valence-corrected chi connectivity index (χ3v) is 3.08. The lowest BCUT2D eigenvalue weighted by Gasteiger charge is -2.45. The van der Waals surface area contributed by atoms with E-state index in [4.69, 9.17) is 18.9 Å². The average Bonchev–Trinajstić information content (AvgIpc) is 2.29. The van der Waals surface area contributed by atoms with E-state index in [-0.39, 0.29) is 0 Å². The van der Waals surface area contributed by atoms with Crippen LogP contribution in [-0.2, 0) is 18.9 Å². The first kappa shape index (κ1) is 13.8. The van der Waals surface area contributed by atoms with Crippen LogP contribution in [0.3, 0.4) is 0 Å². The molecule has 1 aliphatic rings. The lowest BCUT2D eigenvalue weighted by atomic mass is 9.84. The van der Waals surface area contributed by atoms with Gasteiger partial charge in [-0.15, -0.1) is 0 Å². The van der Waals surface area contributed by atoms with Gasteiger partial charge in [-0.2, -0.15) is 0 Å². The summed E-state index contributed by atoms with van der Waals surface area (Å²) in [5.41, 5.74) is 0. The Kier molecular flexibility index (Phi) is 5.10. The predicted molar refractivity (Wildman–Crippen MR) is 55.2 cm³/mol. The number of aliphatic hydroxyl groups excluding tert-OH is 2. The molecular formula is C10H20O6. The van der Waals surface area contributed by atoms with E-state index in [9.17, 15) is 10.2 Å². The van der Waals surface area contributed by atoms with E-state index in [1.807, 2.05) is 0 Å². The van der Waals surface area contributed by atoms with Gasteiger partial charge in [0.15, 0.2) is 0 Å². The van der Waals surface area contributed by atoms with E-state index in [2.05, 4.69) is 0 Å². The Hall–Kier alpha value is -0.240. The van der Waals surface area contributed by atoms with E-state index in [0.29, 0.717) is 0 Å². The number of methoxy groups -OCH3 is 4. The molecule has 0 aromatic rings. The van der Waals surface area contributed by atoms with Crippen molar-refractivity contribution in [3.63, 3.8) is 0 Å². The fraction of sp³-hybridized carbons (Fsp3) is 1.00. The molecule has 0 heterocycles. The van der Waals surface area contributed by atoms with Crippen LogP contribution in [0.25, 0.3) is 0 Å². The van der Waals surface area contributed by atoms with Gasteiger partial charge in [-0.3, -0.25) is 0 Å². The summed E-state index contributed by atoms with van der Waals surface area (Å²) in [7, 11) is 5.84. The SMILES string of the molecule is COC1[C@H](O)[C@H](OC)C(OC)[C@H](OC)[C@H]1O. The van der Waals surface area contributed by atoms with Gasteiger partial charge in [0.2, 0.25) is 0 Å². The molecule has 0 amide bonds. The van der Waals surface area contributed by atoms with Crippen molar-refractivity contribution in [3.8, 4) is 0 Å². The Bertz CT molecular complexity index is 193. The van der Waals surface area contributed by atoms with Gasteiger partial charge in [0.1, 0.15) is 36.6 Å². The normalized spacial score (nSPS) is 44.6. The van der Waals surface area contributed by atoms with Crippen LogP contribution < -0.4 is 0 Å². The standard InChI is InChI=1S/C10H20O6/c1-13-7-5(11)8(14-2)10(16-4)9(15-3)6(7)12/h5-12H,1-4H3/t5-,6-,7?,8-,9+,10?/m0/s1. The average molecular weight is 236 g/mol. The zero-order valence-electron chi connectivity index (χ0n) is 9.99. The lowest BCUT2D eigenvalue weighted by molar-refractivity contribution is -0.246. The van der Waals surface area contributed by atoms with Crippen molar-refractivity contribution in [3.05, 3.63) is 0 Å². The lowest BCUT2D eigenvalue weighted by Crippen LogP contribution is -2.65. The number of hydrogen-bond acceptors (Lipinski definition) is 6. The van der Waals surface area contributed by atoms with E-state index in [1.165, 1.54) is 28.4 Å². The smallest absolute Gasteiger partial charge is 0.115 e. The molecule has 0 aromatic heterocycles. The second-order valence-corrected chi connectivity index (χ2v) is 3.78. The van der Waals surface area contributed by atoms with E-state index in [1.54, 1.807) is 0 Å². The van der Waals surface area contributed by atoms with Crippen LogP contribution in [0, 0.1) is 0 Å². The Morgan fingerprint density at radius 2 is 0.875 bits per heavy atom. The highest BCUT2D eigenvalue weighted by Crippen LogP contribution is 2.28. The van der Waals surface area contributed by atoms with Crippen LogP contribution in [0.1, 0.15) is 0 Å². The van der Waals surface area contributed by atoms with Crippen molar-refractivity contribution in [2.75, 3.05) is 28.4 Å². The summed E-state index contributed by atoms with van der Waals surface area (Å²) < 4.78 is 20.6. The third-order valence-electron chi connectivity index (χ3n) is 3.08. The molecule has 1 saturated carbocycles. The Morgan fingerprint density at radius 3 is 1.12 bits per heavy atom. The summed E-state index contributed by atoms with van der Waals surface area (Å²) in [6.07, 6.45) is -4.39. The highest BCUT2D eigenvalue weighted by Gasteiger charge is 2.51. The Balaban J connectivity index is 2.93. The maximum absolute atomic E-state index is 9.97. The van der Waals surface area contributed by atoms with E-state index in [0.717, 1.165) is 0 Å². The van der Waals surface area contributed by atoms with Crippen molar-refractivity contribution in [2.45, 2.75) is 36.6 Å².